The molecule has 1 N–H and O–H groups in total. The van der Waals surface area contributed by atoms with Crippen LogP contribution in [0, 0.1) is 6.92 Å². The fourth-order valence-corrected chi connectivity index (χ4v) is 3.30. The Labute approximate surface area is 165 Å². The fourth-order valence-electron chi connectivity index (χ4n) is 3.30. The first-order chi connectivity index (χ1) is 13.2. The number of carbonyl (C=O) groups is 1. The number of pyridine rings is 1. The molecule has 1 atom stereocenters. The van der Waals surface area contributed by atoms with Gasteiger partial charge in [-0.2, -0.15) is 0 Å². The number of nitrogens with zero attached hydrogens (tertiary/aromatic N) is 1. The minimum atomic E-state index is -0.647. The standard InChI is InChI=1S/C22H28N2O4/c1-14(2)16-7-6-8-17(11-16)24-10-9-15(3)19(21(24)26)20(25)23-12-18-13-27-22(4,5)28-18/h6-11,14,18H,12-13H2,1-5H3,(H,23,25). The molecule has 28 heavy (non-hydrogen) atoms. The van der Waals surface area contributed by atoms with Crippen LogP contribution >= 0.6 is 0 Å². The molecule has 0 saturated carbocycles. The van der Waals surface area contributed by atoms with Gasteiger partial charge in [-0.05, 0) is 56.0 Å². The Balaban J connectivity index is 1.84. The van der Waals surface area contributed by atoms with E-state index in [1.807, 2.05) is 38.1 Å². The average molecular weight is 384 g/mol. The van der Waals surface area contributed by atoms with Crippen molar-refractivity contribution >= 4 is 5.91 Å². The van der Waals surface area contributed by atoms with Crippen LogP contribution in [0.3, 0.4) is 0 Å². The molecule has 6 heteroatoms. The van der Waals surface area contributed by atoms with E-state index in [1.54, 1.807) is 19.2 Å². The zero-order valence-corrected chi connectivity index (χ0v) is 17.1. The Morgan fingerprint density at radius 1 is 1.32 bits per heavy atom. The van der Waals surface area contributed by atoms with Crippen molar-refractivity contribution in [2.45, 2.75) is 52.4 Å². The van der Waals surface area contributed by atoms with E-state index >= 15 is 0 Å². The van der Waals surface area contributed by atoms with E-state index in [9.17, 15) is 9.59 Å². The highest BCUT2D eigenvalue weighted by Gasteiger charge is 2.33. The van der Waals surface area contributed by atoms with E-state index in [0.717, 1.165) is 11.3 Å². The molecule has 2 aromatic rings. The molecule has 6 nitrogen and oxygen atoms in total. The monoisotopic (exact) mass is 384 g/mol. The van der Waals surface area contributed by atoms with Gasteiger partial charge in [0.15, 0.2) is 5.79 Å². The van der Waals surface area contributed by atoms with Gasteiger partial charge in [-0.3, -0.25) is 14.2 Å². The lowest BCUT2D eigenvalue weighted by Gasteiger charge is -2.17. The van der Waals surface area contributed by atoms with Crippen molar-refractivity contribution in [1.29, 1.82) is 0 Å². The minimum absolute atomic E-state index is 0.149. The van der Waals surface area contributed by atoms with Crippen LogP contribution in [0.5, 0.6) is 0 Å². The first-order valence-corrected chi connectivity index (χ1v) is 9.60. The molecule has 150 valence electrons. The van der Waals surface area contributed by atoms with Crippen molar-refractivity contribution in [3.8, 4) is 5.69 Å². The summed E-state index contributed by atoms with van der Waals surface area (Å²) in [5.41, 5.74) is 2.34. The van der Waals surface area contributed by atoms with Gasteiger partial charge in [0.1, 0.15) is 11.7 Å². The van der Waals surface area contributed by atoms with Crippen LogP contribution in [0.1, 0.15) is 55.1 Å². The van der Waals surface area contributed by atoms with Gasteiger partial charge in [0.05, 0.1) is 6.61 Å². The van der Waals surface area contributed by atoms with E-state index in [1.165, 1.54) is 4.57 Å². The maximum Gasteiger partial charge on any atom is 0.268 e. The Hall–Kier alpha value is -2.44. The Kier molecular flexibility index (Phi) is 5.72. The zero-order valence-electron chi connectivity index (χ0n) is 17.1. The molecule has 3 rings (SSSR count). The third kappa shape index (κ3) is 4.34. The largest absolute Gasteiger partial charge is 0.349 e. The molecule has 0 bridgehead atoms. The summed E-state index contributed by atoms with van der Waals surface area (Å²) in [7, 11) is 0. The van der Waals surface area contributed by atoms with E-state index in [0.29, 0.717) is 24.6 Å². The lowest BCUT2D eigenvalue weighted by atomic mass is 10.0. The predicted molar refractivity (Wildman–Crippen MR) is 108 cm³/mol. The van der Waals surface area contributed by atoms with Crippen molar-refractivity contribution in [2.75, 3.05) is 13.2 Å². The summed E-state index contributed by atoms with van der Waals surface area (Å²) >= 11 is 0. The second kappa shape index (κ2) is 7.89. The second-order valence-electron chi connectivity index (χ2n) is 7.96. The third-order valence-electron chi connectivity index (χ3n) is 4.90. The van der Waals surface area contributed by atoms with Gasteiger partial charge < -0.3 is 14.8 Å². The van der Waals surface area contributed by atoms with Gasteiger partial charge in [0, 0.05) is 18.4 Å². The predicted octanol–water partition coefficient (Wildman–Crippen LogP) is 3.15. The Morgan fingerprint density at radius 2 is 2.07 bits per heavy atom. The lowest BCUT2D eigenvalue weighted by molar-refractivity contribution is -0.137. The molecule has 1 unspecified atom stereocenters. The molecule has 1 aromatic carbocycles. The number of ether oxygens (including phenoxy) is 2. The number of aryl methyl sites for hydroxylation is 1. The molecular formula is C22H28N2O4. The SMILES string of the molecule is Cc1ccn(-c2cccc(C(C)C)c2)c(=O)c1C(=O)NCC1COC(C)(C)O1. The zero-order chi connectivity index (χ0) is 20.5. The number of hydrogen-bond acceptors (Lipinski definition) is 4. The number of amides is 1. The van der Waals surface area contributed by atoms with Crippen LogP contribution in [0.2, 0.25) is 0 Å². The molecule has 1 aliphatic heterocycles. The molecule has 1 amide bonds. The van der Waals surface area contributed by atoms with Crippen LogP contribution in [-0.4, -0.2) is 35.5 Å². The molecule has 1 saturated heterocycles. The Bertz CT molecular complexity index is 930. The van der Waals surface area contributed by atoms with E-state index in [2.05, 4.69) is 19.2 Å². The third-order valence-corrected chi connectivity index (χ3v) is 4.90. The van der Waals surface area contributed by atoms with Gasteiger partial charge in [-0.25, -0.2) is 0 Å². The first kappa shape index (κ1) is 20.3. The van der Waals surface area contributed by atoms with Crippen LogP contribution in [-0.2, 0) is 9.47 Å². The molecule has 2 heterocycles. The van der Waals surface area contributed by atoms with Crippen LogP contribution < -0.4 is 10.9 Å². The summed E-state index contributed by atoms with van der Waals surface area (Å²) < 4.78 is 12.7. The quantitative estimate of drug-likeness (QED) is 0.860. The summed E-state index contributed by atoms with van der Waals surface area (Å²) in [5.74, 6) is -0.696. The van der Waals surface area contributed by atoms with Gasteiger partial charge in [-0.1, -0.05) is 26.0 Å². The van der Waals surface area contributed by atoms with E-state index in [4.69, 9.17) is 9.47 Å². The van der Waals surface area contributed by atoms with Crippen molar-refractivity contribution in [1.82, 2.24) is 9.88 Å². The highest BCUT2D eigenvalue weighted by Crippen LogP contribution is 2.22. The molecule has 0 radical (unpaired) electrons. The summed E-state index contributed by atoms with van der Waals surface area (Å²) in [6, 6.07) is 9.60. The molecule has 1 aliphatic rings. The van der Waals surface area contributed by atoms with Crippen molar-refractivity contribution in [3.63, 3.8) is 0 Å². The topological polar surface area (TPSA) is 69.6 Å². The summed E-state index contributed by atoms with van der Waals surface area (Å²) in [6.45, 7) is 10.3. The summed E-state index contributed by atoms with van der Waals surface area (Å²) in [4.78, 5) is 25.8. The number of hydrogen-bond donors (Lipinski definition) is 1. The number of aromatic nitrogens is 1. The van der Waals surface area contributed by atoms with E-state index < -0.39 is 11.7 Å². The molecule has 1 aromatic heterocycles. The highest BCUT2D eigenvalue weighted by molar-refractivity contribution is 5.95. The van der Waals surface area contributed by atoms with Crippen molar-refractivity contribution in [2.24, 2.45) is 0 Å². The summed E-state index contributed by atoms with van der Waals surface area (Å²) in [6.07, 6.45) is 1.48. The summed E-state index contributed by atoms with van der Waals surface area (Å²) in [5, 5.41) is 2.81. The van der Waals surface area contributed by atoms with Crippen LogP contribution in [0.25, 0.3) is 5.69 Å². The van der Waals surface area contributed by atoms with E-state index in [-0.39, 0.29) is 17.2 Å². The van der Waals surface area contributed by atoms with Gasteiger partial charge in [0.2, 0.25) is 0 Å². The maximum atomic E-state index is 13.1. The smallest absolute Gasteiger partial charge is 0.268 e. The van der Waals surface area contributed by atoms with Gasteiger partial charge in [0.25, 0.3) is 11.5 Å². The minimum Gasteiger partial charge on any atom is -0.349 e. The lowest BCUT2D eigenvalue weighted by Crippen LogP contribution is -2.38. The number of rotatable bonds is 5. The average Bonchev–Trinajstić information content (AvgIpc) is 2.99. The maximum absolute atomic E-state index is 13.1. The molecule has 1 fully saturated rings. The Morgan fingerprint density at radius 3 is 2.71 bits per heavy atom. The fraction of sp³-hybridized carbons (Fsp3) is 0.455. The normalized spacial score (nSPS) is 18.4. The van der Waals surface area contributed by atoms with Crippen LogP contribution in [0.4, 0.5) is 0 Å². The van der Waals surface area contributed by atoms with Crippen molar-refractivity contribution < 1.29 is 14.3 Å². The second-order valence-corrected chi connectivity index (χ2v) is 7.96. The first-order valence-electron chi connectivity index (χ1n) is 9.60. The molecule has 0 aliphatic carbocycles. The van der Waals surface area contributed by atoms with Gasteiger partial charge in [-0.15, -0.1) is 0 Å². The number of nitrogens with one attached hydrogen (secondary N) is 1. The molecule has 0 spiro atoms. The van der Waals surface area contributed by atoms with Gasteiger partial charge >= 0.3 is 0 Å². The number of benzene rings is 1. The number of carbonyl (C=O) groups excluding carboxylic acids is 1. The van der Waals surface area contributed by atoms with Crippen molar-refractivity contribution in [3.05, 3.63) is 63.6 Å². The highest BCUT2D eigenvalue weighted by atomic mass is 16.7. The van der Waals surface area contributed by atoms with Crippen LogP contribution in [0.15, 0.2) is 41.3 Å². The molecular weight excluding hydrogens is 356 g/mol.